The highest BCUT2D eigenvalue weighted by molar-refractivity contribution is 5.80. The molecule has 1 aliphatic carbocycles. The predicted octanol–water partition coefficient (Wildman–Crippen LogP) is 4.36. The molecule has 2 aromatic carbocycles. The van der Waals surface area contributed by atoms with E-state index in [-0.39, 0.29) is 0 Å². The fourth-order valence-electron chi connectivity index (χ4n) is 5.04. The van der Waals surface area contributed by atoms with E-state index in [0.717, 1.165) is 47.6 Å². The van der Waals surface area contributed by atoms with Crippen LogP contribution in [0.25, 0.3) is 22.5 Å². The minimum absolute atomic E-state index is 0.358. The third-order valence-electron chi connectivity index (χ3n) is 7.12. The zero-order valence-electron chi connectivity index (χ0n) is 19.9. The van der Waals surface area contributed by atoms with Crippen molar-refractivity contribution >= 4 is 0 Å². The van der Waals surface area contributed by atoms with Gasteiger partial charge in [0.25, 0.3) is 0 Å². The van der Waals surface area contributed by atoms with Crippen molar-refractivity contribution in [3.8, 4) is 22.5 Å². The van der Waals surface area contributed by atoms with Crippen LogP contribution in [0.15, 0.2) is 48.5 Å². The molecule has 0 aliphatic heterocycles. The number of aromatic amines is 1. The van der Waals surface area contributed by atoms with Crippen molar-refractivity contribution in [3.63, 3.8) is 0 Å². The van der Waals surface area contributed by atoms with Crippen molar-refractivity contribution in [1.29, 1.82) is 0 Å². The second-order valence-corrected chi connectivity index (χ2v) is 9.35. The molecule has 1 aliphatic rings. The summed E-state index contributed by atoms with van der Waals surface area (Å²) < 4.78 is 2.11. The van der Waals surface area contributed by atoms with E-state index in [9.17, 15) is 0 Å². The molecule has 2 heterocycles. The molecular formula is C26H32N8. The second kappa shape index (κ2) is 9.85. The molecule has 1 unspecified atom stereocenters. The van der Waals surface area contributed by atoms with Crippen LogP contribution in [0.2, 0.25) is 0 Å². The van der Waals surface area contributed by atoms with Crippen molar-refractivity contribution in [3.05, 3.63) is 65.7 Å². The van der Waals surface area contributed by atoms with Crippen molar-refractivity contribution in [2.75, 3.05) is 0 Å². The lowest BCUT2D eigenvalue weighted by Gasteiger charge is -2.30. The average molecular weight is 457 g/mol. The standard InChI is InChI=1S/C26H32N8/c1-3-24-28-26(17(2)19-12-14-21(27)15-13-19)34(31-24)16-18-8-10-20(11-9-18)22-6-4-5-7-23(22)25-29-32-33-30-25/h4-11,17,19,21H,3,12-16,27H2,1-2H3,(H,29,30,32,33). The Balaban J connectivity index is 1.38. The molecule has 8 heteroatoms. The lowest BCUT2D eigenvalue weighted by Crippen LogP contribution is -2.29. The lowest BCUT2D eigenvalue weighted by atomic mass is 9.79. The first-order valence-corrected chi connectivity index (χ1v) is 12.2. The number of rotatable bonds is 7. The Morgan fingerprint density at radius 3 is 2.44 bits per heavy atom. The van der Waals surface area contributed by atoms with Crippen LogP contribution in [-0.4, -0.2) is 41.4 Å². The van der Waals surface area contributed by atoms with Gasteiger partial charge in [-0.05, 0) is 58.7 Å². The first kappa shape index (κ1) is 22.4. The maximum absolute atomic E-state index is 6.14. The largest absolute Gasteiger partial charge is 0.328 e. The van der Waals surface area contributed by atoms with Gasteiger partial charge in [0.05, 0.1) is 6.54 Å². The average Bonchev–Trinajstić information content (AvgIpc) is 3.55. The van der Waals surface area contributed by atoms with E-state index in [1.165, 1.54) is 18.4 Å². The summed E-state index contributed by atoms with van der Waals surface area (Å²) in [5, 5.41) is 19.2. The van der Waals surface area contributed by atoms with Crippen molar-refractivity contribution in [1.82, 2.24) is 35.4 Å². The summed E-state index contributed by atoms with van der Waals surface area (Å²) >= 11 is 0. The Labute approximate surface area is 200 Å². The molecular weight excluding hydrogens is 424 g/mol. The van der Waals surface area contributed by atoms with Crippen LogP contribution < -0.4 is 5.73 Å². The number of benzene rings is 2. The fourth-order valence-corrected chi connectivity index (χ4v) is 5.04. The summed E-state index contributed by atoms with van der Waals surface area (Å²) in [6, 6.07) is 17.2. The van der Waals surface area contributed by atoms with Gasteiger partial charge < -0.3 is 5.73 Å². The number of nitrogens with two attached hydrogens (primary N) is 1. The van der Waals surface area contributed by atoms with Gasteiger partial charge in [0.15, 0.2) is 11.6 Å². The smallest absolute Gasteiger partial charge is 0.180 e. The zero-order chi connectivity index (χ0) is 23.5. The topological polar surface area (TPSA) is 111 Å². The molecule has 3 N–H and O–H groups in total. The molecule has 4 aromatic rings. The van der Waals surface area contributed by atoms with E-state index in [1.54, 1.807) is 0 Å². The van der Waals surface area contributed by atoms with Crippen LogP contribution >= 0.6 is 0 Å². The molecule has 0 bridgehead atoms. The van der Waals surface area contributed by atoms with Gasteiger partial charge >= 0.3 is 0 Å². The molecule has 8 nitrogen and oxygen atoms in total. The van der Waals surface area contributed by atoms with E-state index < -0.39 is 0 Å². The summed E-state index contributed by atoms with van der Waals surface area (Å²) in [4.78, 5) is 4.92. The normalized spacial score (nSPS) is 19.3. The zero-order valence-corrected chi connectivity index (χ0v) is 19.9. The highest BCUT2D eigenvalue weighted by Crippen LogP contribution is 2.35. The maximum Gasteiger partial charge on any atom is 0.180 e. The number of H-pyrrole nitrogens is 1. The number of nitrogens with one attached hydrogen (secondary N) is 1. The highest BCUT2D eigenvalue weighted by atomic mass is 15.5. The summed E-state index contributed by atoms with van der Waals surface area (Å²) in [6.45, 7) is 5.14. The number of hydrogen-bond acceptors (Lipinski definition) is 6. The van der Waals surface area contributed by atoms with E-state index in [0.29, 0.717) is 30.2 Å². The van der Waals surface area contributed by atoms with Crippen molar-refractivity contribution < 1.29 is 0 Å². The quantitative estimate of drug-likeness (QED) is 0.427. The third-order valence-corrected chi connectivity index (χ3v) is 7.12. The maximum atomic E-state index is 6.14. The molecule has 1 atom stereocenters. The number of tetrazole rings is 1. The number of hydrogen-bond donors (Lipinski definition) is 2. The van der Waals surface area contributed by atoms with Gasteiger partial charge in [-0.25, -0.2) is 14.8 Å². The molecule has 34 heavy (non-hydrogen) atoms. The van der Waals surface area contributed by atoms with Crippen LogP contribution in [0.1, 0.15) is 62.7 Å². The van der Waals surface area contributed by atoms with Gasteiger partial charge in [0.2, 0.25) is 0 Å². The Bertz CT molecular complexity index is 1200. The summed E-state index contributed by atoms with van der Waals surface area (Å²) in [7, 11) is 0. The first-order chi connectivity index (χ1) is 16.6. The van der Waals surface area contributed by atoms with Gasteiger partial charge in [-0.3, -0.25) is 0 Å². The summed E-state index contributed by atoms with van der Waals surface area (Å²) in [6.07, 6.45) is 5.40. The van der Waals surface area contributed by atoms with Gasteiger partial charge in [0.1, 0.15) is 5.82 Å². The SMILES string of the molecule is CCc1nc(C(C)C2CCC(N)CC2)n(Cc2ccc(-c3ccccc3-c3nnn[nH]3)cc2)n1. The Morgan fingerprint density at radius 2 is 1.76 bits per heavy atom. The molecule has 1 fully saturated rings. The summed E-state index contributed by atoms with van der Waals surface area (Å²) in [5.74, 6) is 3.68. The van der Waals surface area contributed by atoms with Crippen LogP contribution in [0.5, 0.6) is 0 Å². The van der Waals surface area contributed by atoms with Crippen LogP contribution in [0.3, 0.4) is 0 Å². The Kier molecular flexibility index (Phi) is 6.49. The molecule has 0 saturated heterocycles. The van der Waals surface area contributed by atoms with Gasteiger partial charge in [0, 0.05) is 23.9 Å². The first-order valence-electron chi connectivity index (χ1n) is 12.2. The molecule has 0 amide bonds. The minimum atomic E-state index is 0.358. The van der Waals surface area contributed by atoms with Gasteiger partial charge in [-0.1, -0.05) is 62.4 Å². The monoisotopic (exact) mass is 456 g/mol. The van der Waals surface area contributed by atoms with E-state index in [2.05, 4.69) is 69.5 Å². The fraction of sp³-hybridized carbons (Fsp3) is 0.423. The van der Waals surface area contributed by atoms with E-state index in [4.69, 9.17) is 15.8 Å². The number of aromatic nitrogens is 7. The summed E-state index contributed by atoms with van der Waals surface area (Å²) in [5.41, 5.74) is 10.5. The van der Waals surface area contributed by atoms with Crippen molar-refractivity contribution in [2.24, 2.45) is 11.7 Å². The van der Waals surface area contributed by atoms with E-state index in [1.807, 2.05) is 18.2 Å². The minimum Gasteiger partial charge on any atom is -0.328 e. The Hall–Kier alpha value is -3.39. The van der Waals surface area contributed by atoms with Crippen LogP contribution in [0, 0.1) is 5.92 Å². The van der Waals surface area contributed by atoms with Crippen LogP contribution in [0.4, 0.5) is 0 Å². The molecule has 2 aromatic heterocycles. The third kappa shape index (κ3) is 4.63. The van der Waals surface area contributed by atoms with Gasteiger partial charge in [-0.15, -0.1) is 5.10 Å². The number of aryl methyl sites for hydroxylation is 1. The molecule has 0 radical (unpaired) electrons. The van der Waals surface area contributed by atoms with Crippen molar-refractivity contribution in [2.45, 2.75) is 64.5 Å². The molecule has 1 saturated carbocycles. The molecule has 176 valence electrons. The van der Waals surface area contributed by atoms with Crippen LogP contribution in [-0.2, 0) is 13.0 Å². The highest BCUT2D eigenvalue weighted by Gasteiger charge is 2.28. The lowest BCUT2D eigenvalue weighted by molar-refractivity contribution is 0.281. The molecule has 5 rings (SSSR count). The van der Waals surface area contributed by atoms with E-state index >= 15 is 0 Å². The Morgan fingerprint density at radius 1 is 1.03 bits per heavy atom. The van der Waals surface area contributed by atoms with Gasteiger partial charge in [-0.2, -0.15) is 5.10 Å². The predicted molar refractivity (Wildman–Crippen MR) is 132 cm³/mol. The second-order valence-electron chi connectivity index (χ2n) is 9.35. The molecule has 0 spiro atoms. The number of nitrogens with zero attached hydrogens (tertiary/aromatic N) is 6.